The molecule has 0 aromatic heterocycles. The molecule has 0 heterocycles. The van der Waals surface area contributed by atoms with Gasteiger partial charge in [-0.25, -0.2) is 0 Å². The smallest absolute Gasteiger partial charge is 0.366 e. The summed E-state index contributed by atoms with van der Waals surface area (Å²) in [4.78, 5) is 0. The minimum absolute atomic E-state index is 0. The number of benzene rings is 12. The second-order valence-corrected chi connectivity index (χ2v) is 26.0. The van der Waals surface area contributed by atoms with E-state index in [1.807, 2.05) is 24.3 Å². The van der Waals surface area contributed by atoms with Crippen LogP contribution in [0, 0.1) is 24.7 Å². The van der Waals surface area contributed by atoms with E-state index in [0.717, 1.165) is 22.3 Å². The second kappa shape index (κ2) is 27.0. The van der Waals surface area contributed by atoms with Gasteiger partial charge in [0.25, 0.3) is 0 Å². The van der Waals surface area contributed by atoms with Gasteiger partial charge in [-0.3, -0.25) is 11.8 Å². The van der Waals surface area contributed by atoms with Crippen LogP contribution < -0.4 is 21.2 Å². The van der Waals surface area contributed by atoms with Crippen LogP contribution >= 0.6 is 15.8 Å². The number of hydrogen-bond donors (Lipinski definition) is 0. The van der Waals surface area contributed by atoms with E-state index in [2.05, 4.69) is 315 Å². The third-order valence-corrected chi connectivity index (χ3v) is 23.0. The molecule has 404 valence electrons. The molecule has 0 radical (unpaired) electrons. The van der Waals surface area contributed by atoms with Crippen LogP contribution in [0.4, 0.5) is 0 Å². The van der Waals surface area contributed by atoms with Crippen molar-refractivity contribution in [3.05, 3.63) is 396 Å². The molecule has 0 nitrogen and oxygen atoms in total. The normalized spacial score (nSPS) is 12.3. The van der Waals surface area contributed by atoms with E-state index in [4.69, 9.17) is 12.8 Å². The standard InChI is InChI=1S/2C27H17.C25H22P2.Ag.Au/c2*1-2-20-12-11-19-25-26(20)23-17-9-10-18-24(23)27(25,21-13-5-3-6-14-21)22-15-7-4-8-16-22;1-5-13-22(14-6-1)26(23-15-7-2-8-16-23)21-27(24-17-9-3-10-18-24)25-19-11-4-12-20-25;;/h2*3-19H;1-20H,21H2;;/q2*-1;;2*+1/p+2. The van der Waals surface area contributed by atoms with Crippen LogP contribution in [0.15, 0.2) is 328 Å². The molecule has 0 bridgehead atoms. The van der Waals surface area contributed by atoms with E-state index in [-0.39, 0.29) is 55.6 Å². The Kier molecular flexibility index (Phi) is 19.0. The Morgan fingerprint density at radius 2 is 0.494 bits per heavy atom. The van der Waals surface area contributed by atoms with E-state index < -0.39 is 15.8 Å². The summed E-state index contributed by atoms with van der Waals surface area (Å²) in [6.45, 7) is 0. The van der Waals surface area contributed by atoms with Gasteiger partial charge in [-0.05, 0) is 104 Å². The van der Waals surface area contributed by atoms with Crippen molar-refractivity contribution in [1.82, 2.24) is 0 Å². The molecule has 0 amide bonds. The van der Waals surface area contributed by atoms with Crippen molar-refractivity contribution in [3.63, 3.8) is 0 Å². The van der Waals surface area contributed by atoms with Gasteiger partial charge in [0.2, 0.25) is 0 Å². The van der Waals surface area contributed by atoms with Gasteiger partial charge < -0.3 is 12.8 Å². The van der Waals surface area contributed by atoms with Crippen LogP contribution in [-0.2, 0) is 55.6 Å². The molecule has 12 aromatic carbocycles. The van der Waals surface area contributed by atoms with Crippen molar-refractivity contribution >= 4 is 37.1 Å². The SMILES string of the molecule is [Ag+].[Au+].[C-]#Cc1cccc2c1-c1ccccc1C2(c1ccccc1)c1ccccc1.[C-]#Cc1cccc2c1-c1ccccc1C2(c1ccccc1)c1ccccc1.c1ccc([PH+](C[PH+](c2ccccc2)c2ccccc2)c2ccccc2)cc1. The molecule has 14 rings (SSSR count). The maximum Gasteiger partial charge on any atom is 1.00 e. The molecular weight excluding hydrogens is 1320 g/mol. The molecule has 0 saturated heterocycles. The van der Waals surface area contributed by atoms with Gasteiger partial charge in [-0.15, -0.1) is 23.3 Å². The molecule has 0 fully saturated rings. The average Bonchev–Trinajstić information content (AvgIpc) is 2.18. The largest absolute Gasteiger partial charge is 1.00 e. The Labute approximate surface area is 524 Å². The number of hydrogen-bond acceptors (Lipinski definition) is 0. The number of fused-ring (bicyclic) bond motifs is 6. The van der Waals surface area contributed by atoms with E-state index in [0.29, 0.717) is 0 Å². The van der Waals surface area contributed by atoms with Crippen molar-refractivity contribution in [2.24, 2.45) is 0 Å². The van der Waals surface area contributed by atoms with E-state index in [9.17, 15) is 0 Å². The summed E-state index contributed by atoms with van der Waals surface area (Å²) < 4.78 is 0. The van der Waals surface area contributed by atoms with Crippen molar-refractivity contribution in [2.45, 2.75) is 10.8 Å². The molecule has 2 aliphatic carbocycles. The molecule has 0 aliphatic heterocycles. The van der Waals surface area contributed by atoms with Crippen LogP contribution in [0.5, 0.6) is 0 Å². The van der Waals surface area contributed by atoms with Gasteiger partial charge in [0.1, 0.15) is 37.1 Å². The quantitative estimate of drug-likeness (QED) is 0.0554. The molecule has 2 aliphatic rings. The maximum absolute atomic E-state index is 7.84. The van der Waals surface area contributed by atoms with Crippen LogP contribution in [0.25, 0.3) is 22.3 Å². The van der Waals surface area contributed by atoms with Crippen LogP contribution in [0.3, 0.4) is 0 Å². The maximum atomic E-state index is 7.84. The first-order valence-corrected chi connectivity index (χ1v) is 31.0. The summed E-state index contributed by atoms with van der Waals surface area (Å²) in [5, 5.41) is 6.01. The fraction of sp³-hybridized carbons (Fsp3) is 0.0380. The molecule has 0 atom stereocenters. The van der Waals surface area contributed by atoms with Gasteiger partial charge in [0.05, 0.1) is 10.8 Å². The Morgan fingerprint density at radius 1 is 0.265 bits per heavy atom. The van der Waals surface area contributed by atoms with Gasteiger partial charge >= 0.3 is 44.8 Å². The van der Waals surface area contributed by atoms with Gasteiger partial charge in [0.15, 0.2) is 5.90 Å². The first-order valence-electron chi connectivity index (χ1n) is 27.6. The predicted molar refractivity (Wildman–Crippen MR) is 346 cm³/mol. The molecule has 0 N–H and O–H groups in total. The monoisotopic (exact) mass is 1370 g/mol. The Hall–Kier alpha value is -7.90. The summed E-state index contributed by atoms with van der Waals surface area (Å²) in [6.07, 6.45) is 15.7. The second-order valence-electron chi connectivity index (χ2n) is 20.4. The zero-order chi connectivity index (χ0) is 54.9. The number of rotatable bonds is 10. The first-order chi connectivity index (χ1) is 40.2. The van der Waals surface area contributed by atoms with E-state index in [1.54, 1.807) is 0 Å². The molecule has 0 saturated carbocycles. The molecule has 0 spiro atoms. The van der Waals surface area contributed by atoms with Gasteiger partial charge in [-0.2, -0.15) is 0 Å². The molecule has 0 unspecified atom stereocenters. The molecule has 83 heavy (non-hydrogen) atoms. The minimum Gasteiger partial charge on any atom is -0.366 e. The van der Waals surface area contributed by atoms with Crippen molar-refractivity contribution < 1.29 is 44.8 Å². The van der Waals surface area contributed by atoms with Crippen molar-refractivity contribution in [1.29, 1.82) is 0 Å². The first kappa shape index (κ1) is 58.3. The molecule has 12 aromatic rings. The van der Waals surface area contributed by atoms with Crippen LogP contribution in [0.2, 0.25) is 0 Å². The Bertz CT molecular complexity index is 3720. The fourth-order valence-corrected chi connectivity index (χ4v) is 20.4. The zero-order valence-electron chi connectivity index (χ0n) is 45.5. The third-order valence-electron chi connectivity index (χ3n) is 16.1. The summed E-state index contributed by atoms with van der Waals surface area (Å²) in [7, 11) is -1.69. The topological polar surface area (TPSA) is 0 Å². The summed E-state index contributed by atoms with van der Waals surface area (Å²) in [5.41, 5.74) is 15.5. The molecule has 4 heteroatoms. The van der Waals surface area contributed by atoms with E-state index >= 15 is 0 Å². The van der Waals surface area contributed by atoms with Gasteiger partial charge in [-0.1, -0.05) is 278 Å². The fourth-order valence-electron chi connectivity index (χ4n) is 12.7. The minimum atomic E-state index is -0.847. The summed E-state index contributed by atoms with van der Waals surface area (Å²) in [6, 6.07) is 117. The molecular formula is C79H58AgAuP2+2. The third kappa shape index (κ3) is 11.1. The Morgan fingerprint density at radius 3 is 0.759 bits per heavy atom. The predicted octanol–water partition coefficient (Wildman–Crippen LogP) is 16.6. The summed E-state index contributed by atoms with van der Waals surface area (Å²) >= 11 is 0. The van der Waals surface area contributed by atoms with E-state index in [1.165, 1.54) is 82.8 Å². The zero-order valence-corrected chi connectivity index (χ0v) is 51.1. The average molecular weight is 1370 g/mol. The summed E-state index contributed by atoms with van der Waals surface area (Å²) in [5.74, 6) is 6.57. The van der Waals surface area contributed by atoms with Crippen molar-refractivity contribution in [3.8, 4) is 34.1 Å². The van der Waals surface area contributed by atoms with Gasteiger partial charge in [0, 0.05) is 0 Å². The Balaban J connectivity index is 0.000000137. The van der Waals surface area contributed by atoms with Crippen LogP contribution in [0.1, 0.15) is 55.6 Å². The van der Waals surface area contributed by atoms with Crippen molar-refractivity contribution in [2.75, 3.05) is 5.90 Å². The van der Waals surface area contributed by atoms with Crippen LogP contribution in [-0.4, -0.2) is 5.90 Å².